The molecule has 1 unspecified atom stereocenters. The molecule has 246 valence electrons. The lowest BCUT2D eigenvalue weighted by atomic mass is 9.69. The van der Waals surface area contributed by atoms with Crippen molar-refractivity contribution >= 4 is 23.0 Å². The molecule has 3 N–H and O–H groups in total. The van der Waals surface area contributed by atoms with E-state index in [1.807, 2.05) is 5.32 Å². The number of aromatic nitrogens is 6. The Morgan fingerprint density at radius 3 is 2.27 bits per heavy atom. The van der Waals surface area contributed by atoms with Crippen molar-refractivity contribution in [2.45, 2.75) is 101 Å². The van der Waals surface area contributed by atoms with Crippen LogP contribution in [0, 0.1) is 5.92 Å². The molecule has 2 aliphatic rings. The van der Waals surface area contributed by atoms with Gasteiger partial charge in [-0.15, -0.1) is 0 Å². The van der Waals surface area contributed by atoms with Crippen LogP contribution in [0.15, 0.2) is 18.5 Å². The van der Waals surface area contributed by atoms with Crippen LogP contribution >= 0.6 is 0 Å². The summed E-state index contributed by atoms with van der Waals surface area (Å²) in [6.07, 6.45) is -6.46. The molecule has 17 heteroatoms. The van der Waals surface area contributed by atoms with Crippen molar-refractivity contribution in [3.05, 3.63) is 35.8 Å². The Labute approximate surface area is 253 Å². The van der Waals surface area contributed by atoms with Crippen LogP contribution in [-0.2, 0) is 10.2 Å². The van der Waals surface area contributed by atoms with E-state index < -0.39 is 92.3 Å². The molecule has 0 bridgehead atoms. The predicted molar refractivity (Wildman–Crippen MR) is 146 cm³/mol. The molecule has 5 rings (SSSR count). The van der Waals surface area contributed by atoms with Crippen LogP contribution < -0.4 is 10.6 Å². The second-order valence-corrected chi connectivity index (χ2v) is 12.2. The Kier molecular flexibility index (Phi) is 8.59. The maximum absolute atomic E-state index is 14.1. The fourth-order valence-electron chi connectivity index (χ4n) is 6.12. The largest absolute Gasteiger partial charge is 0.405 e. The molecule has 2 amide bonds. The van der Waals surface area contributed by atoms with Crippen molar-refractivity contribution in [1.82, 2.24) is 40.3 Å². The van der Waals surface area contributed by atoms with Gasteiger partial charge in [-0.1, -0.05) is 0 Å². The Balaban J connectivity index is 1.49. The average molecular weight is 647 g/mol. The van der Waals surface area contributed by atoms with Crippen LogP contribution in [0.4, 0.5) is 30.7 Å². The number of nitrogens with one attached hydrogen (secondary N) is 3. The molecule has 3 aromatic rings. The second-order valence-electron chi connectivity index (χ2n) is 12.2. The standard InChI is InChI=1S/C28H33F7N8O2/c1-15(2)43-22(37-14-38-43)23(44)41-19(16-5-7-26(29,30)8-6-16)21-39-17-3-4-18(40-20(17)42-21)25(9-11-27(31,32)12-10-25)24(45)36-13-28(33,34)35/h3-4,14-16,19H,5-13H2,1-2H3,(H,36,45)(H,41,44)(H,39,40,42). The fourth-order valence-corrected chi connectivity index (χ4v) is 6.12. The lowest BCUT2D eigenvalue weighted by Gasteiger charge is -2.38. The fraction of sp³-hybridized carbons (Fsp3) is 0.643. The Morgan fingerprint density at radius 1 is 1.00 bits per heavy atom. The first-order valence-electron chi connectivity index (χ1n) is 14.7. The Hall–Kier alpha value is -3.79. The summed E-state index contributed by atoms with van der Waals surface area (Å²) in [6.45, 7) is 1.97. The van der Waals surface area contributed by atoms with Crippen molar-refractivity contribution in [2.24, 2.45) is 5.92 Å². The summed E-state index contributed by atoms with van der Waals surface area (Å²) in [4.78, 5) is 42.5. The van der Waals surface area contributed by atoms with E-state index in [0.29, 0.717) is 5.52 Å². The van der Waals surface area contributed by atoms with Crippen LogP contribution in [0.1, 0.15) is 99.4 Å². The normalized spacial score (nSPS) is 20.7. The molecule has 2 fully saturated rings. The monoisotopic (exact) mass is 646 g/mol. The smallest absolute Gasteiger partial charge is 0.346 e. The number of fused-ring (bicyclic) bond motifs is 1. The third-order valence-electron chi connectivity index (χ3n) is 8.65. The molecule has 2 saturated carbocycles. The number of carbonyl (C=O) groups excluding carboxylic acids is 2. The van der Waals surface area contributed by atoms with Crippen molar-refractivity contribution < 1.29 is 40.3 Å². The van der Waals surface area contributed by atoms with Crippen LogP contribution in [-0.4, -0.2) is 66.1 Å². The van der Waals surface area contributed by atoms with Crippen LogP contribution in [0.5, 0.6) is 0 Å². The summed E-state index contributed by atoms with van der Waals surface area (Å²) < 4.78 is 96.5. The minimum Gasteiger partial charge on any atom is -0.346 e. The second kappa shape index (κ2) is 11.9. The maximum Gasteiger partial charge on any atom is 0.405 e. The Bertz CT molecular complexity index is 1530. The van der Waals surface area contributed by atoms with Gasteiger partial charge >= 0.3 is 6.18 Å². The van der Waals surface area contributed by atoms with Gasteiger partial charge in [0.2, 0.25) is 23.6 Å². The minimum absolute atomic E-state index is 0.00794. The molecule has 3 heterocycles. The van der Waals surface area contributed by atoms with Gasteiger partial charge < -0.3 is 15.6 Å². The molecular formula is C28H33F7N8O2. The molecule has 45 heavy (non-hydrogen) atoms. The van der Waals surface area contributed by atoms with Gasteiger partial charge in [0, 0.05) is 31.7 Å². The van der Waals surface area contributed by atoms with Gasteiger partial charge in [-0.25, -0.2) is 37.2 Å². The molecule has 0 saturated heterocycles. The molecule has 3 aromatic heterocycles. The lowest BCUT2D eigenvalue weighted by molar-refractivity contribution is -0.145. The van der Waals surface area contributed by atoms with Gasteiger partial charge in [0.1, 0.15) is 18.7 Å². The number of amides is 2. The van der Waals surface area contributed by atoms with E-state index in [4.69, 9.17) is 0 Å². The molecule has 1 atom stereocenters. The number of imidazole rings is 1. The van der Waals surface area contributed by atoms with Crippen molar-refractivity contribution in [3.63, 3.8) is 0 Å². The van der Waals surface area contributed by atoms with E-state index in [2.05, 4.69) is 30.4 Å². The van der Waals surface area contributed by atoms with Gasteiger partial charge in [0.25, 0.3) is 5.91 Å². The molecule has 2 aliphatic carbocycles. The third-order valence-corrected chi connectivity index (χ3v) is 8.65. The molecule has 0 aromatic carbocycles. The zero-order valence-electron chi connectivity index (χ0n) is 24.5. The van der Waals surface area contributed by atoms with Crippen molar-refractivity contribution in [1.29, 1.82) is 0 Å². The summed E-state index contributed by atoms with van der Waals surface area (Å²) in [7, 11) is 0. The number of H-pyrrole nitrogens is 1. The van der Waals surface area contributed by atoms with Gasteiger partial charge in [-0.05, 0) is 57.6 Å². The first kappa shape index (κ1) is 32.6. The first-order valence-corrected chi connectivity index (χ1v) is 14.7. The summed E-state index contributed by atoms with van der Waals surface area (Å²) in [5.74, 6) is -7.87. The summed E-state index contributed by atoms with van der Waals surface area (Å²) >= 11 is 0. The molecule has 0 aliphatic heterocycles. The zero-order valence-corrected chi connectivity index (χ0v) is 24.5. The lowest BCUT2D eigenvalue weighted by Crippen LogP contribution is -2.50. The number of aromatic amines is 1. The topological polar surface area (TPSA) is 130 Å². The summed E-state index contributed by atoms with van der Waals surface area (Å²) in [5, 5.41) is 8.74. The number of hydrogen-bond donors (Lipinski definition) is 3. The molecule has 0 radical (unpaired) electrons. The van der Waals surface area contributed by atoms with E-state index in [-0.39, 0.29) is 41.9 Å². The van der Waals surface area contributed by atoms with E-state index >= 15 is 0 Å². The van der Waals surface area contributed by atoms with E-state index in [1.165, 1.54) is 23.1 Å². The summed E-state index contributed by atoms with van der Waals surface area (Å²) in [5.41, 5.74) is -1.44. The van der Waals surface area contributed by atoms with Crippen LogP contribution in [0.3, 0.4) is 0 Å². The van der Waals surface area contributed by atoms with Gasteiger partial charge in [-0.2, -0.15) is 18.3 Å². The highest BCUT2D eigenvalue weighted by Crippen LogP contribution is 2.46. The first-order chi connectivity index (χ1) is 21.0. The van der Waals surface area contributed by atoms with Gasteiger partial charge in [-0.3, -0.25) is 9.59 Å². The molecular weight excluding hydrogens is 613 g/mol. The number of carbonyl (C=O) groups is 2. The van der Waals surface area contributed by atoms with E-state index in [1.54, 1.807) is 13.8 Å². The zero-order chi connectivity index (χ0) is 32.8. The predicted octanol–water partition coefficient (Wildman–Crippen LogP) is 5.55. The number of pyridine rings is 1. The molecule has 0 spiro atoms. The van der Waals surface area contributed by atoms with Crippen molar-refractivity contribution in [3.8, 4) is 0 Å². The molecule has 10 nitrogen and oxygen atoms in total. The number of rotatable bonds is 8. The average Bonchev–Trinajstić information content (AvgIpc) is 3.62. The third kappa shape index (κ3) is 7.06. The van der Waals surface area contributed by atoms with E-state index in [9.17, 15) is 40.3 Å². The van der Waals surface area contributed by atoms with Crippen LogP contribution in [0.2, 0.25) is 0 Å². The van der Waals surface area contributed by atoms with E-state index in [0.717, 1.165) is 0 Å². The van der Waals surface area contributed by atoms with Crippen molar-refractivity contribution in [2.75, 3.05) is 6.54 Å². The Morgan fingerprint density at radius 2 is 1.64 bits per heavy atom. The minimum atomic E-state index is -4.71. The SMILES string of the molecule is CC(C)n1ncnc1C(=O)NC(c1nc2nc(C3(C(=O)NCC(F)(F)F)CCC(F)(F)CC3)ccc2[nH]1)C1CCC(F)(F)CC1. The number of alkyl halides is 7. The highest BCUT2D eigenvalue weighted by atomic mass is 19.4. The number of hydrogen-bond acceptors (Lipinski definition) is 6. The van der Waals surface area contributed by atoms with Gasteiger partial charge in [0.15, 0.2) is 5.65 Å². The number of halogens is 7. The van der Waals surface area contributed by atoms with Gasteiger partial charge in [0.05, 0.1) is 22.7 Å². The highest BCUT2D eigenvalue weighted by Gasteiger charge is 2.50. The number of nitrogens with zero attached hydrogens (tertiary/aromatic N) is 5. The summed E-state index contributed by atoms with van der Waals surface area (Å²) in [6, 6.07) is 1.76. The van der Waals surface area contributed by atoms with Crippen LogP contribution in [0.25, 0.3) is 11.2 Å². The maximum atomic E-state index is 14.1. The highest BCUT2D eigenvalue weighted by molar-refractivity contribution is 5.91. The quantitative estimate of drug-likeness (QED) is 0.275.